The minimum Gasteiger partial charge on any atom is -0.468 e. The maximum absolute atomic E-state index is 13.3. The highest BCUT2D eigenvalue weighted by Crippen LogP contribution is 2.22. The van der Waals surface area contributed by atoms with Gasteiger partial charge in [-0.2, -0.15) is 0 Å². The summed E-state index contributed by atoms with van der Waals surface area (Å²) >= 11 is 1.03. The Morgan fingerprint density at radius 1 is 1.60 bits per heavy atom. The van der Waals surface area contributed by atoms with Crippen LogP contribution in [0.2, 0.25) is 0 Å². The van der Waals surface area contributed by atoms with Crippen LogP contribution < -0.4 is 0 Å². The topological polar surface area (TPSA) is 43.4 Å². The Bertz CT molecular complexity index is 379. The van der Waals surface area contributed by atoms with Gasteiger partial charge in [0.05, 0.1) is 12.9 Å². The van der Waals surface area contributed by atoms with Crippen molar-refractivity contribution >= 4 is 24.0 Å². The molecule has 0 atom stereocenters. The first kappa shape index (κ1) is 11.7. The highest BCUT2D eigenvalue weighted by Gasteiger charge is 2.07. The zero-order valence-corrected chi connectivity index (χ0v) is 8.84. The Kier molecular flexibility index (Phi) is 4.30. The van der Waals surface area contributed by atoms with E-state index in [0.29, 0.717) is 11.2 Å². The summed E-state index contributed by atoms with van der Waals surface area (Å²) in [7, 11) is 1.27. The van der Waals surface area contributed by atoms with Gasteiger partial charge < -0.3 is 4.74 Å². The number of hydrogen-bond acceptors (Lipinski definition) is 4. The quantitative estimate of drug-likeness (QED) is 0.448. The number of methoxy groups -OCH3 is 1. The van der Waals surface area contributed by atoms with Gasteiger partial charge in [0.15, 0.2) is 0 Å². The zero-order valence-electron chi connectivity index (χ0n) is 8.03. The second-order valence-electron chi connectivity index (χ2n) is 2.67. The van der Waals surface area contributed by atoms with Gasteiger partial charge in [-0.1, -0.05) is 6.07 Å². The van der Waals surface area contributed by atoms with Gasteiger partial charge >= 0.3 is 5.97 Å². The van der Waals surface area contributed by atoms with Gasteiger partial charge in [0.25, 0.3) is 0 Å². The molecule has 0 bridgehead atoms. The summed E-state index contributed by atoms with van der Waals surface area (Å²) in [5.41, 5.74) is 0.273. The molecule has 1 aromatic carbocycles. The number of hydrogen-bond donors (Lipinski definition) is 0. The maximum Gasteiger partial charge on any atom is 0.315 e. The van der Waals surface area contributed by atoms with Crippen molar-refractivity contribution in [1.82, 2.24) is 0 Å². The summed E-state index contributed by atoms with van der Waals surface area (Å²) < 4.78 is 17.7. The number of thioether (sulfide) groups is 1. The highest BCUT2D eigenvalue weighted by atomic mass is 32.2. The molecule has 0 N–H and O–H groups in total. The Labute approximate surface area is 90.6 Å². The van der Waals surface area contributed by atoms with Crippen LogP contribution in [0.4, 0.5) is 4.39 Å². The molecule has 15 heavy (non-hydrogen) atoms. The molecule has 80 valence electrons. The van der Waals surface area contributed by atoms with Gasteiger partial charge in [-0.05, 0) is 12.1 Å². The number of esters is 1. The summed E-state index contributed by atoms with van der Waals surface area (Å²) in [6.45, 7) is 0. The normalized spacial score (nSPS) is 9.73. The van der Waals surface area contributed by atoms with E-state index < -0.39 is 11.8 Å². The predicted molar refractivity (Wildman–Crippen MR) is 54.5 cm³/mol. The average molecular weight is 228 g/mol. The zero-order chi connectivity index (χ0) is 11.3. The van der Waals surface area contributed by atoms with Crippen molar-refractivity contribution in [3.8, 4) is 0 Å². The Hall–Kier alpha value is -1.36. The smallest absolute Gasteiger partial charge is 0.315 e. The molecule has 0 unspecified atom stereocenters. The molecular weight excluding hydrogens is 219 g/mol. The lowest BCUT2D eigenvalue weighted by Gasteiger charge is -2.02. The second kappa shape index (κ2) is 5.50. The SMILES string of the molecule is COC(=O)CSc1ccc(C=O)cc1F. The number of rotatable bonds is 4. The van der Waals surface area contributed by atoms with Crippen molar-refractivity contribution < 1.29 is 18.7 Å². The molecular formula is C10H9FO3S. The molecule has 0 fully saturated rings. The van der Waals surface area contributed by atoms with Crippen LogP contribution in [0.25, 0.3) is 0 Å². The van der Waals surface area contributed by atoms with Gasteiger partial charge in [0.1, 0.15) is 12.1 Å². The van der Waals surface area contributed by atoms with Crippen LogP contribution in [0.5, 0.6) is 0 Å². The van der Waals surface area contributed by atoms with E-state index in [0.717, 1.165) is 17.8 Å². The van der Waals surface area contributed by atoms with Gasteiger partial charge in [-0.3, -0.25) is 9.59 Å². The Morgan fingerprint density at radius 3 is 2.87 bits per heavy atom. The summed E-state index contributed by atoms with van der Waals surface area (Å²) in [6.07, 6.45) is 0.567. The first-order chi connectivity index (χ1) is 7.17. The van der Waals surface area contributed by atoms with E-state index in [4.69, 9.17) is 0 Å². The third-order valence-electron chi connectivity index (χ3n) is 1.67. The van der Waals surface area contributed by atoms with E-state index in [1.54, 1.807) is 0 Å². The molecule has 5 heteroatoms. The van der Waals surface area contributed by atoms with Crippen molar-refractivity contribution in [3.63, 3.8) is 0 Å². The number of halogens is 1. The van der Waals surface area contributed by atoms with Crippen molar-refractivity contribution in [2.75, 3.05) is 12.9 Å². The Balaban J connectivity index is 2.70. The van der Waals surface area contributed by atoms with Gasteiger partial charge in [0.2, 0.25) is 0 Å². The lowest BCUT2D eigenvalue weighted by atomic mass is 10.2. The summed E-state index contributed by atoms with van der Waals surface area (Å²) in [5.74, 6) is -0.874. The fourth-order valence-corrected chi connectivity index (χ4v) is 1.66. The van der Waals surface area contributed by atoms with Crippen molar-refractivity contribution in [2.24, 2.45) is 0 Å². The van der Waals surface area contributed by atoms with Crippen LogP contribution in [-0.4, -0.2) is 25.1 Å². The van der Waals surface area contributed by atoms with Gasteiger partial charge in [0, 0.05) is 10.5 Å². The minimum absolute atomic E-state index is 0.0495. The largest absolute Gasteiger partial charge is 0.468 e. The summed E-state index contributed by atoms with van der Waals surface area (Å²) in [4.78, 5) is 21.5. The number of benzene rings is 1. The monoisotopic (exact) mass is 228 g/mol. The third-order valence-corrected chi connectivity index (χ3v) is 2.69. The third kappa shape index (κ3) is 3.36. The lowest BCUT2D eigenvalue weighted by molar-refractivity contribution is -0.137. The molecule has 0 spiro atoms. The van der Waals surface area contributed by atoms with E-state index in [1.165, 1.54) is 19.2 Å². The first-order valence-electron chi connectivity index (χ1n) is 4.11. The predicted octanol–water partition coefficient (Wildman–Crippen LogP) is 1.90. The molecule has 0 aromatic heterocycles. The molecule has 0 aliphatic rings. The van der Waals surface area contributed by atoms with Crippen LogP contribution in [-0.2, 0) is 9.53 Å². The van der Waals surface area contributed by atoms with Crippen LogP contribution in [0.1, 0.15) is 10.4 Å². The molecule has 0 radical (unpaired) electrons. The molecule has 0 amide bonds. The molecule has 0 saturated carbocycles. The average Bonchev–Trinajstić information content (AvgIpc) is 2.26. The Morgan fingerprint density at radius 2 is 2.33 bits per heavy atom. The highest BCUT2D eigenvalue weighted by molar-refractivity contribution is 8.00. The fourth-order valence-electron chi connectivity index (χ4n) is 0.903. The molecule has 1 rings (SSSR count). The van der Waals surface area contributed by atoms with Crippen molar-refractivity contribution in [3.05, 3.63) is 29.6 Å². The maximum atomic E-state index is 13.3. The molecule has 0 aliphatic heterocycles. The molecule has 0 aliphatic carbocycles. The van der Waals surface area contributed by atoms with Crippen LogP contribution in [0.15, 0.2) is 23.1 Å². The van der Waals surface area contributed by atoms with E-state index in [2.05, 4.69) is 4.74 Å². The van der Waals surface area contributed by atoms with E-state index in [1.807, 2.05) is 0 Å². The number of ether oxygens (including phenoxy) is 1. The molecule has 0 saturated heterocycles. The second-order valence-corrected chi connectivity index (χ2v) is 3.69. The molecule has 0 heterocycles. The minimum atomic E-state index is -0.506. The molecule has 3 nitrogen and oxygen atoms in total. The molecule has 1 aromatic rings. The van der Waals surface area contributed by atoms with Crippen LogP contribution in [0.3, 0.4) is 0 Å². The summed E-state index contributed by atoms with van der Waals surface area (Å²) in [5, 5.41) is 0. The lowest BCUT2D eigenvalue weighted by Crippen LogP contribution is -2.03. The number of carbonyl (C=O) groups is 2. The first-order valence-corrected chi connectivity index (χ1v) is 5.10. The van der Waals surface area contributed by atoms with Crippen LogP contribution in [0, 0.1) is 5.82 Å². The van der Waals surface area contributed by atoms with Gasteiger partial charge in [-0.25, -0.2) is 4.39 Å². The number of aldehydes is 1. The summed E-state index contributed by atoms with van der Waals surface area (Å²) in [6, 6.07) is 4.09. The van der Waals surface area contributed by atoms with Crippen LogP contribution >= 0.6 is 11.8 Å². The fraction of sp³-hybridized carbons (Fsp3) is 0.200. The van der Waals surface area contributed by atoms with E-state index in [9.17, 15) is 14.0 Å². The van der Waals surface area contributed by atoms with Gasteiger partial charge in [-0.15, -0.1) is 11.8 Å². The van der Waals surface area contributed by atoms with E-state index in [-0.39, 0.29) is 11.3 Å². The van der Waals surface area contributed by atoms with Crippen molar-refractivity contribution in [2.45, 2.75) is 4.90 Å². The van der Waals surface area contributed by atoms with Crippen molar-refractivity contribution in [1.29, 1.82) is 0 Å². The van der Waals surface area contributed by atoms with E-state index >= 15 is 0 Å². The standard InChI is InChI=1S/C10H9FO3S/c1-14-10(13)6-15-9-3-2-7(5-12)4-8(9)11/h2-5H,6H2,1H3. The number of carbonyl (C=O) groups excluding carboxylic acids is 2.